The molecule has 2 rings (SSSR count). The second kappa shape index (κ2) is 4.29. The lowest BCUT2D eigenvalue weighted by Gasteiger charge is -2.04. The van der Waals surface area contributed by atoms with Crippen molar-refractivity contribution in [2.45, 2.75) is 6.92 Å². The van der Waals surface area contributed by atoms with Gasteiger partial charge in [-0.25, -0.2) is 0 Å². The van der Waals surface area contributed by atoms with Crippen molar-refractivity contribution < 1.29 is 4.79 Å². The van der Waals surface area contributed by atoms with Gasteiger partial charge in [-0.1, -0.05) is 0 Å². The number of carbonyl (C=O) groups excluding carboxylic acids is 1. The molecule has 0 radical (unpaired) electrons. The van der Waals surface area contributed by atoms with E-state index >= 15 is 0 Å². The van der Waals surface area contributed by atoms with E-state index in [2.05, 4.69) is 10.4 Å². The summed E-state index contributed by atoms with van der Waals surface area (Å²) in [7, 11) is 1.78. The molecule has 1 heterocycles. The molecule has 0 saturated heterocycles. The molecule has 0 aliphatic heterocycles. The molecule has 1 aromatic carbocycles. The number of amides is 1. The van der Waals surface area contributed by atoms with E-state index < -0.39 is 0 Å². The van der Waals surface area contributed by atoms with Gasteiger partial charge in [-0.2, -0.15) is 5.10 Å². The van der Waals surface area contributed by atoms with Crippen LogP contribution in [-0.4, -0.2) is 15.7 Å². The summed E-state index contributed by atoms with van der Waals surface area (Å²) in [6, 6.07) is 7.01. The molecule has 2 aromatic rings. The molecule has 5 nitrogen and oxygen atoms in total. The van der Waals surface area contributed by atoms with Gasteiger partial charge < -0.3 is 11.1 Å². The molecule has 3 N–H and O–H groups in total. The monoisotopic (exact) mass is 230 g/mol. The van der Waals surface area contributed by atoms with Crippen LogP contribution in [-0.2, 0) is 7.05 Å². The van der Waals surface area contributed by atoms with Crippen LogP contribution < -0.4 is 11.1 Å². The predicted molar refractivity (Wildman–Crippen MR) is 66.8 cm³/mol. The highest BCUT2D eigenvalue weighted by Gasteiger charge is 2.12. The number of rotatable bonds is 2. The SMILES string of the molecule is Cc1nn(C)cc1C(=O)Nc1ccc(N)cc1. The fourth-order valence-corrected chi connectivity index (χ4v) is 1.59. The molecule has 0 aliphatic carbocycles. The van der Waals surface area contributed by atoms with Gasteiger partial charge in [0, 0.05) is 24.6 Å². The summed E-state index contributed by atoms with van der Waals surface area (Å²) in [6.45, 7) is 1.80. The van der Waals surface area contributed by atoms with Gasteiger partial charge in [0.25, 0.3) is 5.91 Å². The first kappa shape index (κ1) is 11.2. The molecule has 0 bridgehead atoms. The summed E-state index contributed by atoms with van der Waals surface area (Å²) in [5, 5.41) is 6.92. The second-order valence-corrected chi connectivity index (χ2v) is 3.88. The van der Waals surface area contributed by atoms with Crippen LogP contribution >= 0.6 is 0 Å². The van der Waals surface area contributed by atoms with Crippen molar-refractivity contribution in [1.29, 1.82) is 0 Å². The smallest absolute Gasteiger partial charge is 0.259 e. The molecule has 0 saturated carbocycles. The van der Waals surface area contributed by atoms with E-state index in [0.29, 0.717) is 22.6 Å². The van der Waals surface area contributed by atoms with E-state index in [-0.39, 0.29) is 5.91 Å². The van der Waals surface area contributed by atoms with Gasteiger partial charge >= 0.3 is 0 Å². The van der Waals surface area contributed by atoms with Crippen molar-refractivity contribution in [3.05, 3.63) is 41.7 Å². The number of anilines is 2. The lowest BCUT2D eigenvalue weighted by atomic mass is 10.2. The highest BCUT2D eigenvalue weighted by atomic mass is 16.1. The van der Waals surface area contributed by atoms with Crippen molar-refractivity contribution in [1.82, 2.24) is 9.78 Å². The standard InChI is InChI=1S/C12H14N4O/c1-8-11(7-16(2)15-8)12(17)14-10-5-3-9(13)4-6-10/h3-7H,13H2,1-2H3,(H,14,17). The van der Waals surface area contributed by atoms with Gasteiger partial charge in [-0.05, 0) is 31.2 Å². The van der Waals surface area contributed by atoms with E-state index in [1.165, 1.54) is 0 Å². The third kappa shape index (κ3) is 2.44. The summed E-state index contributed by atoms with van der Waals surface area (Å²) in [5.74, 6) is -0.166. The van der Waals surface area contributed by atoms with E-state index in [1.54, 1.807) is 49.1 Å². The van der Waals surface area contributed by atoms with Crippen LogP contribution in [0.15, 0.2) is 30.5 Å². The number of hydrogen-bond acceptors (Lipinski definition) is 3. The topological polar surface area (TPSA) is 72.9 Å². The highest BCUT2D eigenvalue weighted by Crippen LogP contribution is 2.13. The summed E-state index contributed by atoms with van der Waals surface area (Å²) >= 11 is 0. The van der Waals surface area contributed by atoms with E-state index in [4.69, 9.17) is 5.73 Å². The van der Waals surface area contributed by atoms with Crippen molar-refractivity contribution in [2.24, 2.45) is 7.05 Å². The van der Waals surface area contributed by atoms with Gasteiger partial charge in [0.05, 0.1) is 11.3 Å². The Kier molecular flexibility index (Phi) is 2.82. The Balaban J connectivity index is 2.17. The first-order chi connectivity index (χ1) is 8.06. The van der Waals surface area contributed by atoms with Crippen LogP contribution in [0.1, 0.15) is 16.1 Å². The number of nitrogens with two attached hydrogens (primary N) is 1. The summed E-state index contributed by atoms with van der Waals surface area (Å²) in [5.41, 5.74) is 8.23. The van der Waals surface area contributed by atoms with Gasteiger partial charge in [0.15, 0.2) is 0 Å². The third-order valence-electron chi connectivity index (χ3n) is 2.43. The first-order valence-electron chi connectivity index (χ1n) is 5.23. The molecule has 17 heavy (non-hydrogen) atoms. The Morgan fingerprint density at radius 3 is 2.53 bits per heavy atom. The van der Waals surface area contributed by atoms with Crippen molar-refractivity contribution >= 4 is 17.3 Å². The minimum Gasteiger partial charge on any atom is -0.399 e. The molecule has 1 aromatic heterocycles. The lowest BCUT2D eigenvalue weighted by molar-refractivity contribution is 0.102. The van der Waals surface area contributed by atoms with Crippen LogP contribution in [0, 0.1) is 6.92 Å². The summed E-state index contributed by atoms with van der Waals surface area (Å²) < 4.78 is 1.62. The molecular weight excluding hydrogens is 216 g/mol. The number of nitrogens with one attached hydrogen (secondary N) is 1. The van der Waals surface area contributed by atoms with Crippen LogP contribution in [0.2, 0.25) is 0 Å². The molecule has 88 valence electrons. The van der Waals surface area contributed by atoms with Gasteiger partial charge in [-0.15, -0.1) is 0 Å². The molecule has 0 aliphatic rings. The Labute approximate surface area is 99.2 Å². The second-order valence-electron chi connectivity index (χ2n) is 3.88. The number of hydrogen-bond donors (Lipinski definition) is 2. The number of carbonyl (C=O) groups is 1. The number of aromatic nitrogens is 2. The van der Waals surface area contributed by atoms with E-state index in [0.717, 1.165) is 0 Å². The first-order valence-corrected chi connectivity index (χ1v) is 5.23. The maximum Gasteiger partial charge on any atom is 0.259 e. The third-order valence-corrected chi connectivity index (χ3v) is 2.43. The number of nitrogen functional groups attached to an aromatic ring is 1. The van der Waals surface area contributed by atoms with Gasteiger partial charge in [-0.3, -0.25) is 9.48 Å². The zero-order chi connectivity index (χ0) is 12.4. The Bertz CT molecular complexity index is 542. The largest absolute Gasteiger partial charge is 0.399 e. The highest BCUT2D eigenvalue weighted by molar-refractivity contribution is 6.04. The number of aryl methyl sites for hydroxylation is 2. The zero-order valence-corrected chi connectivity index (χ0v) is 9.77. The van der Waals surface area contributed by atoms with Crippen LogP contribution in [0.4, 0.5) is 11.4 Å². The van der Waals surface area contributed by atoms with Gasteiger partial charge in [0.1, 0.15) is 0 Å². The maximum absolute atomic E-state index is 11.9. The number of nitrogens with zero attached hydrogens (tertiary/aromatic N) is 2. The summed E-state index contributed by atoms with van der Waals surface area (Å²) in [6.07, 6.45) is 1.70. The molecule has 0 unspecified atom stereocenters. The Morgan fingerprint density at radius 2 is 2.00 bits per heavy atom. The van der Waals surface area contributed by atoms with Crippen LogP contribution in [0.3, 0.4) is 0 Å². The predicted octanol–water partition coefficient (Wildman–Crippen LogP) is 1.56. The molecule has 0 spiro atoms. The fraction of sp³-hybridized carbons (Fsp3) is 0.167. The molecule has 5 heteroatoms. The molecular formula is C12H14N4O. The lowest BCUT2D eigenvalue weighted by Crippen LogP contribution is -2.12. The Hall–Kier alpha value is -2.30. The van der Waals surface area contributed by atoms with Crippen LogP contribution in [0.25, 0.3) is 0 Å². The van der Waals surface area contributed by atoms with Gasteiger partial charge in [0.2, 0.25) is 0 Å². The average molecular weight is 230 g/mol. The van der Waals surface area contributed by atoms with E-state index in [1.807, 2.05) is 0 Å². The van der Waals surface area contributed by atoms with Crippen LogP contribution in [0.5, 0.6) is 0 Å². The quantitative estimate of drug-likeness (QED) is 0.769. The summed E-state index contributed by atoms with van der Waals surface area (Å²) in [4.78, 5) is 11.9. The maximum atomic E-state index is 11.9. The van der Waals surface area contributed by atoms with Crippen molar-refractivity contribution in [2.75, 3.05) is 11.1 Å². The van der Waals surface area contributed by atoms with Crippen molar-refractivity contribution in [3.63, 3.8) is 0 Å². The normalized spacial score (nSPS) is 10.2. The minimum atomic E-state index is -0.166. The average Bonchev–Trinajstić information content (AvgIpc) is 2.61. The molecule has 1 amide bonds. The minimum absolute atomic E-state index is 0.166. The fourth-order valence-electron chi connectivity index (χ4n) is 1.59. The molecule has 0 fully saturated rings. The zero-order valence-electron chi connectivity index (χ0n) is 9.77. The van der Waals surface area contributed by atoms with E-state index in [9.17, 15) is 4.79 Å². The molecule has 0 atom stereocenters. The number of benzene rings is 1. The Morgan fingerprint density at radius 1 is 1.35 bits per heavy atom. The van der Waals surface area contributed by atoms with Crippen molar-refractivity contribution in [3.8, 4) is 0 Å².